The van der Waals surface area contributed by atoms with E-state index >= 15 is 0 Å². The minimum atomic E-state index is -0.398. The zero-order valence-corrected chi connectivity index (χ0v) is 9.73. The summed E-state index contributed by atoms with van der Waals surface area (Å²) in [5.74, 6) is -0.259. The molecule has 0 aromatic heterocycles. The van der Waals surface area contributed by atoms with Crippen LogP contribution in [0, 0.1) is 0 Å². The van der Waals surface area contributed by atoms with Crippen molar-refractivity contribution >= 4 is 39.2 Å². The van der Waals surface area contributed by atoms with Gasteiger partial charge in [0.05, 0.1) is 6.54 Å². The Morgan fingerprint density at radius 1 is 1.38 bits per heavy atom. The van der Waals surface area contributed by atoms with Gasteiger partial charge in [-0.15, -0.1) is 0 Å². The van der Waals surface area contributed by atoms with Crippen LogP contribution in [-0.4, -0.2) is 45.8 Å². The molecule has 1 aliphatic heterocycles. The van der Waals surface area contributed by atoms with E-state index in [2.05, 4.69) is 5.32 Å². The van der Waals surface area contributed by atoms with Gasteiger partial charge >= 0.3 is 33.3 Å². The van der Waals surface area contributed by atoms with Gasteiger partial charge in [-0.1, -0.05) is 0 Å². The van der Waals surface area contributed by atoms with E-state index in [9.17, 15) is 9.59 Å². The van der Waals surface area contributed by atoms with Gasteiger partial charge in [0.15, 0.2) is 0 Å². The molecule has 0 bridgehead atoms. The summed E-state index contributed by atoms with van der Waals surface area (Å²) >= 11 is 0. The molecule has 44 valence electrons. The van der Waals surface area contributed by atoms with Crippen molar-refractivity contribution in [3.8, 4) is 0 Å². The van der Waals surface area contributed by atoms with E-state index in [4.69, 9.17) is 0 Å². The maximum absolute atomic E-state index is 10.1. The molecule has 3 amide bonds. The first kappa shape index (κ1) is 7.86. The molecule has 1 fully saturated rings. The van der Waals surface area contributed by atoms with E-state index in [-0.39, 0.29) is 39.8 Å². The average molecular weight is 309 g/mol. The van der Waals surface area contributed by atoms with E-state index < -0.39 is 6.03 Å². The predicted molar refractivity (Wildman–Crippen MR) is 30.1 cm³/mol. The fourth-order valence-electron chi connectivity index (χ4n) is 0.376. The molecule has 0 aromatic rings. The summed E-state index contributed by atoms with van der Waals surface area (Å²) in [6, 6.07) is -0.398. The molecule has 0 unspecified atom stereocenters. The van der Waals surface area contributed by atoms with Crippen LogP contribution in [0.5, 0.6) is 0 Å². The summed E-state index contributed by atoms with van der Waals surface area (Å²) < 4.78 is 0. The fraction of sp³-hybridized carbons (Fsp3) is 0.333. The number of hydrogen-bond acceptors (Lipinski definition) is 2. The van der Waals surface area contributed by atoms with Crippen LogP contribution in [0.2, 0.25) is 0 Å². The molecule has 5 heteroatoms. The number of hydrogen-bond donors (Lipinski definition) is 2. The summed E-state index contributed by atoms with van der Waals surface area (Å²) in [6.45, 7) is 0.124. The third kappa shape index (κ3) is 1.76. The van der Waals surface area contributed by atoms with Crippen LogP contribution in [-0.2, 0) is 4.79 Å². The Labute approximate surface area is 66.2 Å². The SMILES string of the molecule is O=C1CNC(=O)N1.[PbH2]. The number of urea groups is 1. The van der Waals surface area contributed by atoms with Crippen LogP contribution in [0.3, 0.4) is 0 Å². The van der Waals surface area contributed by atoms with Gasteiger partial charge in [0.25, 0.3) is 0 Å². The second-order valence-corrected chi connectivity index (χ2v) is 1.23. The summed E-state index contributed by atoms with van der Waals surface area (Å²) in [6.07, 6.45) is 0. The molecule has 0 aromatic carbocycles. The molecule has 0 aliphatic carbocycles. The Bertz CT molecular complexity index is 110. The van der Waals surface area contributed by atoms with Gasteiger partial charge in [-0.25, -0.2) is 4.79 Å². The number of carbonyl (C=O) groups is 2. The molecule has 2 radical (unpaired) electrons. The van der Waals surface area contributed by atoms with Crippen molar-refractivity contribution in [2.24, 2.45) is 0 Å². The van der Waals surface area contributed by atoms with E-state index in [1.165, 1.54) is 0 Å². The molecular formula is C3H6N2O2Pb. The standard InChI is InChI=1S/C3H4N2O2.Pb.2H/c6-2-1-4-3(7)5-2;;;/h1H2,(H2,4,5,6,7);;;. The van der Waals surface area contributed by atoms with Crippen molar-refractivity contribution in [2.45, 2.75) is 0 Å². The zero-order valence-electron chi connectivity index (χ0n) is 4.23. The van der Waals surface area contributed by atoms with E-state index in [1.54, 1.807) is 0 Å². The van der Waals surface area contributed by atoms with Crippen molar-refractivity contribution in [3.05, 3.63) is 0 Å². The fourth-order valence-corrected chi connectivity index (χ4v) is 0.376. The average Bonchev–Trinajstić information content (AvgIpc) is 1.87. The third-order valence-electron chi connectivity index (χ3n) is 0.662. The van der Waals surface area contributed by atoms with Gasteiger partial charge in [-0.2, -0.15) is 0 Å². The van der Waals surface area contributed by atoms with Crippen molar-refractivity contribution in [3.63, 3.8) is 0 Å². The summed E-state index contributed by atoms with van der Waals surface area (Å²) in [7, 11) is 0. The first-order chi connectivity index (χ1) is 3.29. The van der Waals surface area contributed by atoms with Gasteiger partial charge in [0.1, 0.15) is 0 Å². The molecule has 0 spiro atoms. The quantitative estimate of drug-likeness (QED) is 0.398. The first-order valence-corrected chi connectivity index (χ1v) is 1.87. The molecule has 0 atom stereocenters. The number of amides is 3. The zero-order chi connectivity index (χ0) is 5.28. The van der Waals surface area contributed by atoms with Crippen molar-refractivity contribution < 1.29 is 9.59 Å². The van der Waals surface area contributed by atoms with E-state index in [0.29, 0.717) is 0 Å². The molecule has 1 heterocycles. The van der Waals surface area contributed by atoms with Gasteiger partial charge < -0.3 is 5.32 Å². The molecule has 1 rings (SSSR count). The van der Waals surface area contributed by atoms with Crippen molar-refractivity contribution in [2.75, 3.05) is 6.54 Å². The Hall–Kier alpha value is -0.138. The van der Waals surface area contributed by atoms with Crippen LogP contribution in [0.1, 0.15) is 0 Å². The molecular weight excluding hydrogens is 303 g/mol. The maximum atomic E-state index is 10.1. The Morgan fingerprint density at radius 3 is 2.12 bits per heavy atom. The molecule has 4 nitrogen and oxygen atoms in total. The van der Waals surface area contributed by atoms with Crippen LogP contribution in [0.15, 0.2) is 0 Å². The van der Waals surface area contributed by atoms with Crippen LogP contribution in [0.4, 0.5) is 4.79 Å². The summed E-state index contributed by atoms with van der Waals surface area (Å²) in [5.41, 5.74) is 0. The van der Waals surface area contributed by atoms with Gasteiger partial charge in [0, 0.05) is 0 Å². The number of nitrogens with one attached hydrogen (secondary N) is 2. The molecule has 1 saturated heterocycles. The Kier molecular flexibility index (Phi) is 2.95. The second-order valence-electron chi connectivity index (χ2n) is 1.23. The van der Waals surface area contributed by atoms with Gasteiger partial charge in [-0.05, 0) is 0 Å². The Morgan fingerprint density at radius 2 is 2.00 bits per heavy atom. The van der Waals surface area contributed by atoms with Crippen LogP contribution in [0.25, 0.3) is 0 Å². The van der Waals surface area contributed by atoms with Crippen LogP contribution >= 0.6 is 0 Å². The van der Waals surface area contributed by atoms with Crippen molar-refractivity contribution in [1.82, 2.24) is 10.6 Å². The normalized spacial score (nSPS) is 16.5. The van der Waals surface area contributed by atoms with Gasteiger partial charge in [0.2, 0.25) is 5.91 Å². The molecule has 2 N–H and O–H groups in total. The third-order valence-corrected chi connectivity index (χ3v) is 0.662. The van der Waals surface area contributed by atoms with Crippen molar-refractivity contribution in [1.29, 1.82) is 0 Å². The van der Waals surface area contributed by atoms with Crippen LogP contribution < -0.4 is 10.6 Å². The predicted octanol–water partition coefficient (Wildman–Crippen LogP) is -2.09. The molecule has 1 aliphatic rings. The second kappa shape index (κ2) is 3.00. The topological polar surface area (TPSA) is 58.2 Å². The number of rotatable bonds is 0. The number of imide groups is 1. The number of carbonyl (C=O) groups excluding carboxylic acids is 2. The molecule has 8 heavy (non-hydrogen) atoms. The summed E-state index contributed by atoms with van der Waals surface area (Å²) in [5, 5.41) is 4.30. The molecule has 0 saturated carbocycles. The van der Waals surface area contributed by atoms with E-state index in [1.807, 2.05) is 5.32 Å². The first-order valence-electron chi connectivity index (χ1n) is 1.87. The Balaban J connectivity index is 0.000000490. The van der Waals surface area contributed by atoms with E-state index in [0.717, 1.165) is 0 Å². The van der Waals surface area contributed by atoms with Gasteiger partial charge in [-0.3, -0.25) is 10.1 Å². The minimum absolute atomic E-state index is 0. The monoisotopic (exact) mass is 310 g/mol. The summed E-state index contributed by atoms with van der Waals surface area (Å²) in [4.78, 5) is 20.1.